The number of nitriles is 1. The number of rotatable bonds is 2. The fourth-order valence-corrected chi connectivity index (χ4v) is 1.82. The van der Waals surface area contributed by atoms with Crippen molar-refractivity contribution in [3.63, 3.8) is 0 Å². The second-order valence-corrected chi connectivity index (χ2v) is 3.99. The number of aryl methyl sites for hydroxylation is 1. The molecule has 0 aliphatic rings. The molecule has 0 spiro atoms. The van der Waals surface area contributed by atoms with Crippen molar-refractivity contribution >= 4 is 0 Å². The molecule has 0 aliphatic heterocycles. The monoisotopic (exact) mass is 241 g/mol. The predicted molar refractivity (Wildman–Crippen MR) is 67.8 cm³/mol. The van der Waals surface area contributed by atoms with E-state index in [9.17, 15) is 4.39 Å². The largest absolute Gasteiger partial charge is 0.497 e. The van der Waals surface area contributed by atoms with Gasteiger partial charge in [0.25, 0.3) is 0 Å². The number of benzene rings is 2. The summed E-state index contributed by atoms with van der Waals surface area (Å²) < 4.78 is 19.0. The molecule has 0 aromatic heterocycles. The molecule has 0 aliphatic carbocycles. The second kappa shape index (κ2) is 4.89. The molecule has 0 N–H and O–H groups in total. The Morgan fingerprint density at radius 2 is 1.89 bits per heavy atom. The highest BCUT2D eigenvalue weighted by Crippen LogP contribution is 2.30. The van der Waals surface area contributed by atoms with E-state index >= 15 is 0 Å². The summed E-state index contributed by atoms with van der Waals surface area (Å²) in [6.45, 7) is 1.88. The van der Waals surface area contributed by atoms with Crippen molar-refractivity contribution in [2.75, 3.05) is 7.11 Å². The van der Waals surface area contributed by atoms with Gasteiger partial charge in [0.15, 0.2) is 0 Å². The minimum atomic E-state index is -0.325. The van der Waals surface area contributed by atoms with Gasteiger partial charge >= 0.3 is 0 Å². The fraction of sp³-hybridized carbons (Fsp3) is 0.133. The minimum Gasteiger partial charge on any atom is -0.497 e. The van der Waals surface area contributed by atoms with E-state index in [1.54, 1.807) is 24.3 Å². The molecule has 2 nitrogen and oxygen atoms in total. The lowest BCUT2D eigenvalue weighted by molar-refractivity contribution is 0.414. The van der Waals surface area contributed by atoms with Crippen LogP contribution in [0.5, 0.6) is 5.75 Å². The molecule has 90 valence electrons. The first-order valence-corrected chi connectivity index (χ1v) is 5.50. The summed E-state index contributed by atoms with van der Waals surface area (Å²) in [7, 11) is 1.54. The van der Waals surface area contributed by atoms with Gasteiger partial charge in [-0.25, -0.2) is 4.39 Å². The summed E-state index contributed by atoms with van der Waals surface area (Å²) in [5, 5.41) is 8.90. The van der Waals surface area contributed by atoms with Gasteiger partial charge in [0, 0.05) is 5.56 Å². The van der Waals surface area contributed by atoms with Gasteiger partial charge in [-0.3, -0.25) is 0 Å². The predicted octanol–water partition coefficient (Wildman–Crippen LogP) is 3.68. The van der Waals surface area contributed by atoms with Crippen LogP contribution in [0, 0.1) is 24.1 Å². The zero-order chi connectivity index (χ0) is 13.1. The quantitative estimate of drug-likeness (QED) is 0.803. The van der Waals surface area contributed by atoms with Gasteiger partial charge in [-0.2, -0.15) is 5.26 Å². The number of ether oxygens (including phenoxy) is 1. The van der Waals surface area contributed by atoms with E-state index in [0.29, 0.717) is 22.4 Å². The molecule has 2 rings (SSSR count). The molecule has 0 saturated heterocycles. The smallest absolute Gasteiger partial charge is 0.131 e. The Bertz CT molecular complexity index is 629. The van der Waals surface area contributed by atoms with Crippen LogP contribution in [0.15, 0.2) is 36.4 Å². The molecule has 0 radical (unpaired) electrons. The Morgan fingerprint density at radius 1 is 1.11 bits per heavy atom. The van der Waals surface area contributed by atoms with E-state index in [1.165, 1.54) is 13.2 Å². The second-order valence-electron chi connectivity index (χ2n) is 3.99. The first-order valence-electron chi connectivity index (χ1n) is 5.50. The lowest BCUT2D eigenvalue weighted by Gasteiger charge is -2.09. The molecular weight excluding hydrogens is 229 g/mol. The van der Waals surface area contributed by atoms with Crippen LogP contribution >= 0.6 is 0 Å². The lowest BCUT2D eigenvalue weighted by atomic mass is 9.98. The Labute approximate surface area is 105 Å². The highest BCUT2D eigenvalue weighted by atomic mass is 19.1. The SMILES string of the molecule is COc1ccc(F)c(-c2cc(C#N)ccc2C)c1. The van der Waals surface area contributed by atoms with Crippen molar-refractivity contribution in [3.05, 3.63) is 53.3 Å². The van der Waals surface area contributed by atoms with Crippen molar-refractivity contribution in [1.82, 2.24) is 0 Å². The maximum atomic E-state index is 13.9. The van der Waals surface area contributed by atoms with Gasteiger partial charge in [0.1, 0.15) is 11.6 Å². The van der Waals surface area contributed by atoms with E-state index in [-0.39, 0.29) is 5.82 Å². The fourth-order valence-electron chi connectivity index (χ4n) is 1.82. The molecule has 0 saturated carbocycles. The minimum absolute atomic E-state index is 0.325. The standard InChI is InChI=1S/C15H12FNO/c1-10-3-4-11(9-17)7-13(10)14-8-12(18-2)5-6-15(14)16/h3-8H,1-2H3. The van der Waals surface area contributed by atoms with Gasteiger partial charge < -0.3 is 4.74 Å². The average molecular weight is 241 g/mol. The Hall–Kier alpha value is -2.34. The summed E-state index contributed by atoms with van der Waals surface area (Å²) in [6.07, 6.45) is 0. The molecule has 0 amide bonds. The maximum absolute atomic E-state index is 13.9. The van der Waals surface area contributed by atoms with Gasteiger partial charge in [-0.15, -0.1) is 0 Å². The molecule has 0 heterocycles. The van der Waals surface area contributed by atoms with Crippen LogP contribution in [-0.4, -0.2) is 7.11 Å². The first kappa shape index (κ1) is 12.1. The average Bonchev–Trinajstić information content (AvgIpc) is 2.40. The summed E-state index contributed by atoms with van der Waals surface area (Å²) in [4.78, 5) is 0. The van der Waals surface area contributed by atoms with Crippen molar-refractivity contribution in [3.8, 4) is 22.9 Å². The zero-order valence-corrected chi connectivity index (χ0v) is 10.2. The summed E-state index contributed by atoms with van der Waals surface area (Å²) >= 11 is 0. The maximum Gasteiger partial charge on any atom is 0.131 e. The van der Waals surface area contributed by atoms with Crippen LogP contribution in [0.4, 0.5) is 4.39 Å². The number of methoxy groups -OCH3 is 1. The van der Waals surface area contributed by atoms with E-state index < -0.39 is 0 Å². The molecule has 0 atom stereocenters. The van der Waals surface area contributed by atoms with Gasteiger partial charge in [-0.05, 0) is 48.4 Å². The van der Waals surface area contributed by atoms with Crippen LogP contribution < -0.4 is 4.74 Å². The van der Waals surface area contributed by atoms with E-state index in [4.69, 9.17) is 10.00 Å². The Kier molecular flexibility index (Phi) is 3.29. The number of hydrogen-bond donors (Lipinski definition) is 0. The third-order valence-electron chi connectivity index (χ3n) is 2.83. The summed E-state index contributed by atoms with van der Waals surface area (Å²) in [5.41, 5.74) is 2.59. The normalized spacial score (nSPS) is 9.89. The molecular formula is C15H12FNO. The molecule has 0 fully saturated rings. The van der Waals surface area contributed by atoms with Crippen LogP contribution in [-0.2, 0) is 0 Å². The third-order valence-corrected chi connectivity index (χ3v) is 2.83. The van der Waals surface area contributed by atoms with Crippen LogP contribution in [0.1, 0.15) is 11.1 Å². The highest BCUT2D eigenvalue weighted by molar-refractivity contribution is 5.70. The molecule has 3 heteroatoms. The number of hydrogen-bond acceptors (Lipinski definition) is 2. The molecule has 18 heavy (non-hydrogen) atoms. The van der Waals surface area contributed by atoms with Gasteiger partial charge in [-0.1, -0.05) is 6.07 Å². The summed E-state index contributed by atoms with van der Waals surface area (Å²) in [6, 6.07) is 11.9. The highest BCUT2D eigenvalue weighted by Gasteiger charge is 2.10. The summed E-state index contributed by atoms with van der Waals surface area (Å²) in [5.74, 6) is 0.266. The number of nitrogens with zero attached hydrogens (tertiary/aromatic N) is 1. The van der Waals surface area contributed by atoms with Crippen molar-refractivity contribution in [2.45, 2.75) is 6.92 Å². The van der Waals surface area contributed by atoms with Gasteiger partial charge in [0.05, 0.1) is 18.7 Å². The van der Waals surface area contributed by atoms with E-state index in [1.807, 2.05) is 13.0 Å². The lowest BCUT2D eigenvalue weighted by Crippen LogP contribution is -1.91. The molecule has 2 aromatic rings. The van der Waals surface area contributed by atoms with E-state index in [2.05, 4.69) is 6.07 Å². The van der Waals surface area contributed by atoms with Crippen LogP contribution in [0.25, 0.3) is 11.1 Å². The molecule has 2 aromatic carbocycles. The van der Waals surface area contributed by atoms with Gasteiger partial charge in [0.2, 0.25) is 0 Å². The van der Waals surface area contributed by atoms with Crippen molar-refractivity contribution in [1.29, 1.82) is 5.26 Å². The zero-order valence-electron chi connectivity index (χ0n) is 10.2. The van der Waals surface area contributed by atoms with Crippen LogP contribution in [0.2, 0.25) is 0 Å². The first-order chi connectivity index (χ1) is 8.65. The Morgan fingerprint density at radius 3 is 2.56 bits per heavy atom. The van der Waals surface area contributed by atoms with Crippen molar-refractivity contribution < 1.29 is 9.13 Å². The Balaban J connectivity index is 2.64. The topological polar surface area (TPSA) is 33.0 Å². The molecule has 0 bridgehead atoms. The third kappa shape index (κ3) is 2.18. The van der Waals surface area contributed by atoms with E-state index in [0.717, 1.165) is 5.56 Å². The number of halogens is 1. The van der Waals surface area contributed by atoms with Crippen LogP contribution in [0.3, 0.4) is 0 Å². The molecule has 0 unspecified atom stereocenters. The van der Waals surface area contributed by atoms with Crippen molar-refractivity contribution in [2.24, 2.45) is 0 Å².